The van der Waals surface area contributed by atoms with Crippen LogP contribution in [0.4, 0.5) is 11.4 Å². The number of anilines is 2. The molecule has 0 unspecified atom stereocenters. The van der Waals surface area contributed by atoms with Crippen molar-refractivity contribution < 1.29 is 5.11 Å². The largest absolute Gasteiger partial charge is 0.395 e. The third kappa shape index (κ3) is 3.73. The number of rotatable bonds is 4. The maximum Gasteiger partial charge on any atom is 0.168 e. The van der Waals surface area contributed by atoms with Crippen molar-refractivity contribution >= 4 is 28.7 Å². The van der Waals surface area contributed by atoms with Crippen molar-refractivity contribution in [1.82, 2.24) is 0 Å². The number of thiocarbonyl (C=S) groups is 1. The van der Waals surface area contributed by atoms with Crippen LogP contribution in [-0.4, -0.2) is 30.4 Å². The lowest BCUT2D eigenvalue weighted by Crippen LogP contribution is -2.21. The molecule has 0 saturated carbocycles. The molecule has 5 heteroatoms. The monoisotopic (exact) mass is 225 g/mol. The van der Waals surface area contributed by atoms with Crippen LogP contribution in [0.5, 0.6) is 0 Å². The van der Waals surface area contributed by atoms with Crippen LogP contribution in [0.1, 0.15) is 0 Å². The molecule has 0 aliphatic heterocycles. The van der Waals surface area contributed by atoms with E-state index < -0.39 is 0 Å². The minimum atomic E-state index is 0.142. The number of nitrogens with zero attached hydrogens (tertiary/aromatic N) is 1. The molecule has 0 saturated heterocycles. The zero-order valence-electron chi connectivity index (χ0n) is 8.60. The van der Waals surface area contributed by atoms with E-state index >= 15 is 0 Å². The van der Waals surface area contributed by atoms with Crippen molar-refractivity contribution in [3.05, 3.63) is 24.3 Å². The van der Waals surface area contributed by atoms with Gasteiger partial charge < -0.3 is 21.1 Å². The Morgan fingerprint density at radius 2 is 2.07 bits per heavy atom. The van der Waals surface area contributed by atoms with E-state index in [9.17, 15) is 0 Å². The molecule has 0 fully saturated rings. The number of likely N-dealkylation sites (N-methyl/N-ethyl adjacent to an activating group) is 1. The molecule has 0 spiro atoms. The second kappa shape index (κ2) is 5.53. The number of aliphatic hydroxyl groups is 1. The van der Waals surface area contributed by atoms with Gasteiger partial charge in [-0.05, 0) is 36.5 Å². The van der Waals surface area contributed by atoms with Crippen LogP contribution in [0.25, 0.3) is 0 Å². The molecule has 1 rings (SSSR count). The minimum absolute atomic E-state index is 0.142. The Morgan fingerprint density at radius 1 is 1.47 bits per heavy atom. The normalized spacial score (nSPS) is 9.73. The van der Waals surface area contributed by atoms with Crippen molar-refractivity contribution in [2.75, 3.05) is 30.4 Å². The third-order valence-corrected chi connectivity index (χ3v) is 2.11. The molecular formula is C10H15N3OS. The second-order valence-electron chi connectivity index (χ2n) is 3.18. The summed E-state index contributed by atoms with van der Waals surface area (Å²) in [6, 6.07) is 7.66. The molecular weight excluding hydrogens is 210 g/mol. The summed E-state index contributed by atoms with van der Waals surface area (Å²) in [6.45, 7) is 0.755. The van der Waals surface area contributed by atoms with E-state index in [-0.39, 0.29) is 11.7 Å². The highest BCUT2D eigenvalue weighted by atomic mass is 32.1. The van der Waals surface area contributed by atoms with Gasteiger partial charge >= 0.3 is 0 Å². The molecule has 1 aromatic carbocycles. The lowest BCUT2D eigenvalue weighted by atomic mass is 10.2. The Balaban J connectivity index is 2.67. The zero-order valence-corrected chi connectivity index (χ0v) is 9.42. The average Bonchev–Trinajstić information content (AvgIpc) is 2.18. The van der Waals surface area contributed by atoms with Gasteiger partial charge in [-0.15, -0.1) is 0 Å². The predicted octanol–water partition coefficient (Wildman–Crippen LogP) is 0.771. The Morgan fingerprint density at radius 3 is 2.53 bits per heavy atom. The molecule has 4 nitrogen and oxygen atoms in total. The summed E-state index contributed by atoms with van der Waals surface area (Å²) in [6.07, 6.45) is 0. The zero-order chi connectivity index (χ0) is 11.3. The molecule has 0 aliphatic rings. The van der Waals surface area contributed by atoms with Crippen molar-refractivity contribution in [1.29, 1.82) is 0 Å². The summed E-state index contributed by atoms with van der Waals surface area (Å²) in [5.74, 6) is 0. The number of aliphatic hydroxyl groups excluding tert-OH is 1. The number of hydrogen-bond donors (Lipinski definition) is 3. The van der Waals surface area contributed by atoms with Crippen LogP contribution in [0, 0.1) is 0 Å². The molecule has 0 amide bonds. The number of benzene rings is 1. The standard InChI is InChI=1S/C10H15N3OS/c1-13(6-7-14)9-4-2-8(3-5-9)12-10(11)15/h2-5,14H,6-7H2,1H3,(H3,11,12,15). The van der Waals surface area contributed by atoms with Crippen LogP contribution < -0.4 is 16.0 Å². The van der Waals surface area contributed by atoms with Gasteiger partial charge in [0.1, 0.15) is 0 Å². The number of nitrogens with two attached hydrogens (primary N) is 1. The molecule has 0 atom stereocenters. The van der Waals surface area contributed by atoms with Gasteiger partial charge in [-0.2, -0.15) is 0 Å². The fourth-order valence-corrected chi connectivity index (χ4v) is 1.34. The quantitative estimate of drug-likeness (QED) is 0.661. The Kier molecular flexibility index (Phi) is 4.33. The van der Waals surface area contributed by atoms with Gasteiger partial charge in [0.25, 0.3) is 0 Å². The Hall–Kier alpha value is -1.33. The summed E-state index contributed by atoms with van der Waals surface area (Å²) in [4.78, 5) is 1.96. The van der Waals surface area contributed by atoms with Crippen molar-refractivity contribution in [2.45, 2.75) is 0 Å². The summed E-state index contributed by atoms with van der Waals surface area (Å²) in [5, 5.41) is 11.9. The first-order chi connectivity index (χ1) is 7.13. The SMILES string of the molecule is CN(CCO)c1ccc(NC(N)=S)cc1. The van der Waals surface area contributed by atoms with E-state index in [1.54, 1.807) is 0 Å². The highest BCUT2D eigenvalue weighted by molar-refractivity contribution is 7.80. The lowest BCUT2D eigenvalue weighted by Gasteiger charge is -2.18. The van der Waals surface area contributed by atoms with Gasteiger partial charge in [0.05, 0.1) is 6.61 Å². The van der Waals surface area contributed by atoms with Crippen LogP contribution in [-0.2, 0) is 0 Å². The first kappa shape index (κ1) is 11.7. The smallest absolute Gasteiger partial charge is 0.168 e. The maximum atomic E-state index is 8.78. The molecule has 82 valence electrons. The molecule has 0 radical (unpaired) electrons. The minimum Gasteiger partial charge on any atom is -0.395 e. The van der Waals surface area contributed by atoms with Crippen molar-refractivity contribution in [3.63, 3.8) is 0 Å². The summed E-state index contributed by atoms with van der Waals surface area (Å²) in [5.41, 5.74) is 7.25. The summed E-state index contributed by atoms with van der Waals surface area (Å²) >= 11 is 4.73. The molecule has 1 aromatic rings. The fraction of sp³-hybridized carbons (Fsp3) is 0.300. The van der Waals surface area contributed by atoms with Gasteiger partial charge in [0.2, 0.25) is 0 Å². The van der Waals surface area contributed by atoms with Gasteiger partial charge in [0.15, 0.2) is 5.11 Å². The van der Waals surface area contributed by atoms with Crippen molar-refractivity contribution in [2.24, 2.45) is 5.73 Å². The van der Waals surface area contributed by atoms with Crippen LogP contribution in [0.15, 0.2) is 24.3 Å². The fourth-order valence-electron chi connectivity index (χ4n) is 1.22. The molecule has 0 aromatic heterocycles. The van der Waals surface area contributed by atoms with Crippen LogP contribution in [0.3, 0.4) is 0 Å². The van der Waals surface area contributed by atoms with Crippen LogP contribution in [0.2, 0.25) is 0 Å². The number of hydrogen-bond acceptors (Lipinski definition) is 3. The van der Waals surface area contributed by atoms with E-state index in [1.165, 1.54) is 0 Å². The van der Waals surface area contributed by atoms with E-state index in [2.05, 4.69) is 5.32 Å². The van der Waals surface area contributed by atoms with Crippen LogP contribution >= 0.6 is 12.2 Å². The molecule has 15 heavy (non-hydrogen) atoms. The van der Waals surface area contributed by atoms with E-state index in [0.29, 0.717) is 6.54 Å². The molecule has 0 heterocycles. The van der Waals surface area contributed by atoms with Gasteiger partial charge in [-0.1, -0.05) is 0 Å². The first-order valence-corrected chi connectivity index (χ1v) is 5.03. The highest BCUT2D eigenvalue weighted by Gasteiger charge is 1.99. The lowest BCUT2D eigenvalue weighted by molar-refractivity contribution is 0.304. The predicted molar refractivity (Wildman–Crippen MR) is 67.2 cm³/mol. The van der Waals surface area contributed by atoms with Gasteiger partial charge in [-0.25, -0.2) is 0 Å². The topological polar surface area (TPSA) is 61.5 Å². The summed E-state index contributed by atoms with van der Waals surface area (Å²) in [7, 11) is 1.92. The Bertz CT molecular complexity index is 326. The summed E-state index contributed by atoms with van der Waals surface area (Å²) < 4.78 is 0. The third-order valence-electron chi connectivity index (χ3n) is 2.01. The number of nitrogens with one attached hydrogen (secondary N) is 1. The molecule has 0 bridgehead atoms. The van der Waals surface area contributed by atoms with Gasteiger partial charge in [0, 0.05) is 25.0 Å². The first-order valence-electron chi connectivity index (χ1n) is 4.62. The van der Waals surface area contributed by atoms with E-state index in [1.807, 2.05) is 36.2 Å². The highest BCUT2D eigenvalue weighted by Crippen LogP contribution is 2.16. The molecule has 0 aliphatic carbocycles. The van der Waals surface area contributed by atoms with E-state index in [0.717, 1.165) is 11.4 Å². The second-order valence-corrected chi connectivity index (χ2v) is 3.62. The van der Waals surface area contributed by atoms with Crippen molar-refractivity contribution in [3.8, 4) is 0 Å². The Labute approximate surface area is 94.7 Å². The average molecular weight is 225 g/mol. The molecule has 4 N–H and O–H groups in total. The van der Waals surface area contributed by atoms with E-state index in [4.69, 9.17) is 23.1 Å². The van der Waals surface area contributed by atoms with Gasteiger partial charge in [-0.3, -0.25) is 0 Å². The maximum absolute atomic E-state index is 8.78.